The van der Waals surface area contributed by atoms with Gasteiger partial charge in [0.1, 0.15) is 0 Å². The topological polar surface area (TPSA) is 23.8 Å². The van der Waals surface area contributed by atoms with Crippen molar-refractivity contribution in [1.29, 1.82) is 5.26 Å². The highest BCUT2D eigenvalue weighted by molar-refractivity contribution is 7.98. The van der Waals surface area contributed by atoms with E-state index in [-0.39, 0.29) is 0 Å². The molecule has 0 aliphatic heterocycles. The van der Waals surface area contributed by atoms with Gasteiger partial charge in [0.05, 0.1) is 6.07 Å². The van der Waals surface area contributed by atoms with E-state index in [4.69, 9.17) is 5.26 Å². The van der Waals surface area contributed by atoms with E-state index in [1.807, 2.05) is 11.8 Å². The Morgan fingerprint density at radius 2 is 1.88 bits per heavy atom. The molecule has 0 saturated heterocycles. The lowest BCUT2D eigenvalue weighted by molar-refractivity contribution is 1.23. The summed E-state index contributed by atoms with van der Waals surface area (Å²) in [4.78, 5) is 0. The van der Waals surface area contributed by atoms with Gasteiger partial charge in [0.2, 0.25) is 0 Å². The van der Waals surface area contributed by atoms with Gasteiger partial charge < -0.3 is 0 Å². The Morgan fingerprint density at radius 3 is 2.75 bits per heavy atom. The summed E-state index contributed by atoms with van der Waals surface area (Å²) in [5.74, 6) is 1.91. The molecule has 0 N–H and O–H groups in total. The summed E-state index contributed by atoms with van der Waals surface area (Å²) in [5.41, 5.74) is 1.36. The third-order valence-electron chi connectivity index (χ3n) is 2.50. The second-order valence-corrected chi connectivity index (χ2v) is 4.70. The van der Waals surface area contributed by atoms with Crippen LogP contribution in [-0.4, -0.2) is 5.75 Å². The minimum atomic E-state index is 0.634. The van der Waals surface area contributed by atoms with Gasteiger partial charge in [-0.3, -0.25) is 0 Å². The number of benzene rings is 2. The Hall–Kier alpha value is -1.46. The van der Waals surface area contributed by atoms with E-state index in [2.05, 4.69) is 48.5 Å². The largest absolute Gasteiger partial charge is 0.198 e. The third kappa shape index (κ3) is 2.56. The Kier molecular flexibility index (Phi) is 3.85. The van der Waals surface area contributed by atoms with Gasteiger partial charge in [-0.05, 0) is 16.3 Å². The van der Waals surface area contributed by atoms with Crippen molar-refractivity contribution in [2.24, 2.45) is 0 Å². The maximum absolute atomic E-state index is 8.47. The van der Waals surface area contributed by atoms with Gasteiger partial charge in [-0.1, -0.05) is 42.5 Å². The molecule has 2 aromatic rings. The van der Waals surface area contributed by atoms with Crippen molar-refractivity contribution < 1.29 is 0 Å². The van der Waals surface area contributed by atoms with Crippen LogP contribution in [0.2, 0.25) is 0 Å². The molecule has 0 aliphatic rings. The molecule has 0 radical (unpaired) electrons. The molecule has 16 heavy (non-hydrogen) atoms. The lowest BCUT2D eigenvalue weighted by atomic mass is 10.1. The normalized spacial score (nSPS) is 10.2. The van der Waals surface area contributed by atoms with Crippen molar-refractivity contribution in [2.45, 2.75) is 12.2 Å². The van der Waals surface area contributed by atoms with Gasteiger partial charge in [0.25, 0.3) is 0 Å². The zero-order chi connectivity index (χ0) is 11.2. The highest BCUT2D eigenvalue weighted by atomic mass is 32.2. The predicted molar refractivity (Wildman–Crippen MR) is 70.3 cm³/mol. The molecule has 0 aliphatic carbocycles. The van der Waals surface area contributed by atoms with Crippen LogP contribution in [-0.2, 0) is 5.75 Å². The van der Waals surface area contributed by atoms with Crippen molar-refractivity contribution in [2.75, 3.05) is 5.75 Å². The Morgan fingerprint density at radius 1 is 1.06 bits per heavy atom. The van der Waals surface area contributed by atoms with Crippen molar-refractivity contribution >= 4 is 22.5 Å². The Balaban J connectivity index is 2.15. The molecule has 0 spiro atoms. The number of thioether (sulfide) groups is 1. The highest BCUT2D eigenvalue weighted by Gasteiger charge is 1.99. The fourth-order valence-electron chi connectivity index (χ4n) is 1.72. The standard InChI is InChI=1S/C14H13NS/c15-9-4-10-16-11-13-7-3-6-12-5-1-2-8-14(12)13/h1-3,5-8H,4,10-11H2. The summed E-state index contributed by atoms with van der Waals surface area (Å²) in [6.45, 7) is 0. The van der Waals surface area contributed by atoms with Crippen LogP contribution >= 0.6 is 11.8 Å². The van der Waals surface area contributed by atoms with E-state index in [9.17, 15) is 0 Å². The van der Waals surface area contributed by atoms with Crippen LogP contribution in [0.3, 0.4) is 0 Å². The summed E-state index contributed by atoms with van der Waals surface area (Å²) >= 11 is 1.82. The van der Waals surface area contributed by atoms with Crippen LogP contribution in [0.25, 0.3) is 10.8 Å². The molecule has 80 valence electrons. The van der Waals surface area contributed by atoms with Gasteiger partial charge in [0, 0.05) is 17.9 Å². The number of rotatable bonds is 4. The van der Waals surface area contributed by atoms with E-state index in [0.717, 1.165) is 11.5 Å². The van der Waals surface area contributed by atoms with E-state index in [0.29, 0.717) is 6.42 Å². The summed E-state index contributed by atoms with van der Waals surface area (Å²) in [6.07, 6.45) is 0.634. The Bertz CT molecular complexity index is 508. The van der Waals surface area contributed by atoms with Crippen LogP contribution in [0.15, 0.2) is 42.5 Å². The zero-order valence-corrected chi connectivity index (χ0v) is 9.83. The van der Waals surface area contributed by atoms with Gasteiger partial charge >= 0.3 is 0 Å². The quantitative estimate of drug-likeness (QED) is 0.737. The molecule has 0 heterocycles. The van der Waals surface area contributed by atoms with Crippen molar-refractivity contribution in [3.63, 3.8) is 0 Å². The zero-order valence-electron chi connectivity index (χ0n) is 9.02. The number of nitrogens with zero attached hydrogens (tertiary/aromatic N) is 1. The van der Waals surface area contributed by atoms with E-state index in [1.54, 1.807) is 0 Å². The van der Waals surface area contributed by atoms with Crippen molar-refractivity contribution in [3.05, 3.63) is 48.0 Å². The third-order valence-corrected chi connectivity index (χ3v) is 3.50. The summed E-state index contributed by atoms with van der Waals surface area (Å²) in [7, 11) is 0. The SMILES string of the molecule is N#CCCSCc1cccc2ccccc12. The fraction of sp³-hybridized carbons (Fsp3) is 0.214. The molecule has 0 atom stereocenters. The van der Waals surface area contributed by atoms with Crippen LogP contribution in [0.1, 0.15) is 12.0 Å². The fourth-order valence-corrected chi connectivity index (χ4v) is 2.57. The van der Waals surface area contributed by atoms with Gasteiger partial charge in [-0.15, -0.1) is 0 Å². The average molecular weight is 227 g/mol. The second kappa shape index (κ2) is 5.58. The minimum absolute atomic E-state index is 0.634. The second-order valence-electron chi connectivity index (χ2n) is 3.60. The van der Waals surface area contributed by atoms with Crippen molar-refractivity contribution in [1.82, 2.24) is 0 Å². The summed E-state index contributed by atoms with van der Waals surface area (Å²) < 4.78 is 0. The van der Waals surface area contributed by atoms with Gasteiger partial charge in [0.15, 0.2) is 0 Å². The summed E-state index contributed by atoms with van der Waals surface area (Å²) in [5, 5.41) is 11.1. The Labute approximate surface area is 100 Å². The van der Waals surface area contributed by atoms with Gasteiger partial charge in [-0.25, -0.2) is 0 Å². The smallest absolute Gasteiger partial charge is 0.0630 e. The summed E-state index contributed by atoms with van der Waals surface area (Å²) in [6, 6.07) is 17.0. The molecular weight excluding hydrogens is 214 g/mol. The van der Waals surface area contributed by atoms with Crippen LogP contribution in [0.4, 0.5) is 0 Å². The first-order chi connectivity index (χ1) is 7.92. The van der Waals surface area contributed by atoms with Crippen LogP contribution in [0, 0.1) is 11.3 Å². The van der Waals surface area contributed by atoms with E-state index in [1.165, 1.54) is 16.3 Å². The molecule has 0 unspecified atom stereocenters. The molecule has 0 saturated carbocycles. The number of hydrogen-bond acceptors (Lipinski definition) is 2. The molecule has 0 fully saturated rings. The maximum atomic E-state index is 8.47. The van der Waals surface area contributed by atoms with E-state index >= 15 is 0 Å². The van der Waals surface area contributed by atoms with Crippen LogP contribution < -0.4 is 0 Å². The first-order valence-electron chi connectivity index (χ1n) is 5.33. The monoisotopic (exact) mass is 227 g/mol. The predicted octanol–water partition coefficient (Wildman–Crippen LogP) is 3.99. The lowest BCUT2D eigenvalue weighted by Gasteiger charge is -2.05. The first kappa shape index (κ1) is 11.0. The maximum Gasteiger partial charge on any atom is 0.0630 e. The molecule has 2 aromatic carbocycles. The molecule has 0 aromatic heterocycles. The molecule has 1 nitrogen and oxygen atoms in total. The van der Waals surface area contributed by atoms with Gasteiger partial charge in [-0.2, -0.15) is 17.0 Å². The highest BCUT2D eigenvalue weighted by Crippen LogP contribution is 2.22. The molecular formula is C14H13NS. The average Bonchev–Trinajstić information content (AvgIpc) is 2.35. The van der Waals surface area contributed by atoms with Crippen molar-refractivity contribution in [3.8, 4) is 6.07 Å². The minimum Gasteiger partial charge on any atom is -0.198 e. The lowest BCUT2D eigenvalue weighted by Crippen LogP contribution is -1.85. The van der Waals surface area contributed by atoms with Crippen LogP contribution in [0.5, 0.6) is 0 Å². The molecule has 0 bridgehead atoms. The number of hydrogen-bond donors (Lipinski definition) is 0. The first-order valence-corrected chi connectivity index (χ1v) is 6.48. The molecule has 2 heteroatoms. The molecule has 2 rings (SSSR count). The van der Waals surface area contributed by atoms with E-state index < -0.39 is 0 Å². The number of nitriles is 1. The number of fused-ring (bicyclic) bond motifs is 1. The molecule has 0 amide bonds.